The maximum atomic E-state index is 13.9. The number of carbonyl (C=O) groups is 1. The molecule has 0 aromatic heterocycles. The second kappa shape index (κ2) is 5.76. The summed E-state index contributed by atoms with van der Waals surface area (Å²) in [7, 11) is 0. The van der Waals surface area contributed by atoms with Gasteiger partial charge in [0.05, 0.1) is 6.61 Å². The third kappa shape index (κ3) is 3.15. The molecule has 1 fully saturated rings. The fourth-order valence-corrected chi connectivity index (χ4v) is 2.22. The third-order valence-corrected chi connectivity index (χ3v) is 3.30. The Morgan fingerprint density at radius 2 is 1.71 bits per heavy atom. The Kier molecular flexibility index (Phi) is 4.86. The van der Waals surface area contributed by atoms with E-state index in [1.165, 1.54) is 6.92 Å². The first-order valence-corrected chi connectivity index (χ1v) is 6.21. The lowest BCUT2D eigenvalue weighted by Gasteiger charge is -2.35. The summed E-state index contributed by atoms with van der Waals surface area (Å²) in [5, 5.41) is 10.1. The van der Waals surface area contributed by atoms with Crippen molar-refractivity contribution >= 4 is 5.97 Å². The summed E-state index contributed by atoms with van der Waals surface area (Å²) in [6, 6.07) is 0. The van der Waals surface area contributed by atoms with Gasteiger partial charge < -0.3 is 9.84 Å². The van der Waals surface area contributed by atoms with Crippen LogP contribution in [0, 0.1) is 0 Å². The lowest BCUT2D eigenvalue weighted by Crippen LogP contribution is -2.54. The van der Waals surface area contributed by atoms with Crippen LogP contribution in [0.4, 0.5) is 8.78 Å². The zero-order chi connectivity index (χ0) is 12.9. The van der Waals surface area contributed by atoms with E-state index in [2.05, 4.69) is 4.74 Å². The van der Waals surface area contributed by atoms with Gasteiger partial charge in [0.1, 0.15) is 5.60 Å². The van der Waals surface area contributed by atoms with Crippen molar-refractivity contribution in [2.24, 2.45) is 0 Å². The Labute approximate surface area is 100 Å². The summed E-state index contributed by atoms with van der Waals surface area (Å²) in [5.74, 6) is -5.41. The molecule has 0 unspecified atom stereocenters. The zero-order valence-electron chi connectivity index (χ0n) is 10.2. The van der Waals surface area contributed by atoms with Gasteiger partial charge in [0.2, 0.25) is 0 Å². The number of esters is 1. The minimum absolute atomic E-state index is 0.0428. The van der Waals surface area contributed by atoms with Crippen molar-refractivity contribution in [1.82, 2.24) is 0 Å². The van der Waals surface area contributed by atoms with Crippen LogP contribution in [0.3, 0.4) is 0 Å². The van der Waals surface area contributed by atoms with Gasteiger partial charge in [-0.1, -0.05) is 32.1 Å². The van der Waals surface area contributed by atoms with Gasteiger partial charge in [0, 0.05) is 0 Å². The van der Waals surface area contributed by atoms with E-state index in [4.69, 9.17) is 0 Å². The van der Waals surface area contributed by atoms with E-state index in [-0.39, 0.29) is 19.4 Å². The van der Waals surface area contributed by atoms with Gasteiger partial charge >= 0.3 is 11.9 Å². The van der Waals surface area contributed by atoms with Gasteiger partial charge in [0.15, 0.2) is 0 Å². The maximum absolute atomic E-state index is 13.9. The minimum atomic E-state index is -3.81. The summed E-state index contributed by atoms with van der Waals surface area (Å²) in [5.41, 5.74) is -2.24. The molecule has 0 spiro atoms. The molecule has 0 bridgehead atoms. The van der Waals surface area contributed by atoms with E-state index >= 15 is 0 Å². The quantitative estimate of drug-likeness (QED) is 0.783. The molecule has 0 heterocycles. The van der Waals surface area contributed by atoms with Crippen LogP contribution < -0.4 is 0 Å². The molecule has 1 N–H and O–H groups in total. The molecule has 5 heteroatoms. The number of hydrogen-bond donors (Lipinski definition) is 1. The van der Waals surface area contributed by atoms with Crippen molar-refractivity contribution in [2.45, 2.75) is 63.4 Å². The van der Waals surface area contributed by atoms with Gasteiger partial charge in [-0.3, -0.25) is 0 Å². The number of rotatable bonds is 3. The normalized spacial score (nSPS) is 21.4. The Morgan fingerprint density at radius 3 is 2.18 bits per heavy atom. The number of aliphatic hydroxyl groups is 1. The molecule has 0 aliphatic heterocycles. The molecule has 3 nitrogen and oxygen atoms in total. The fourth-order valence-electron chi connectivity index (χ4n) is 2.22. The Balaban J connectivity index is 2.80. The molecule has 0 aromatic rings. The third-order valence-electron chi connectivity index (χ3n) is 3.30. The van der Waals surface area contributed by atoms with Crippen LogP contribution in [0.25, 0.3) is 0 Å². The van der Waals surface area contributed by atoms with E-state index in [1.807, 2.05) is 0 Å². The van der Waals surface area contributed by atoms with Crippen molar-refractivity contribution in [1.29, 1.82) is 0 Å². The van der Waals surface area contributed by atoms with Crippen LogP contribution in [0.1, 0.15) is 51.9 Å². The van der Waals surface area contributed by atoms with Gasteiger partial charge in [-0.15, -0.1) is 0 Å². The van der Waals surface area contributed by atoms with E-state index in [1.54, 1.807) is 0 Å². The van der Waals surface area contributed by atoms with E-state index in [9.17, 15) is 18.7 Å². The van der Waals surface area contributed by atoms with Crippen molar-refractivity contribution in [2.75, 3.05) is 6.61 Å². The molecule has 100 valence electrons. The Hall–Kier alpha value is -0.710. The van der Waals surface area contributed by atoms with Crippen molar-refractivity contribution in [3.05, 3.63) is 0 Å². The standard InChI is InChI=1S/C12H20F2O3/c1-2-17-10(15)12(13,14)11(16)8-6-4-3-5-7-9-11/h16H,2-9H2,1H3. The molecule has 1 aliphatic rings. The highest BCUT2D eigenvalue weighted by Crippen LogP contribution is 2.39. The fraction of sp³-hybridized carbons (Fsp3) is 0.917. The number of carbonyl (C=O) groups excluding carboxylic acids is 1. The average molecular weight is 250 g/mol. The predicted molar refractivity (Wildman–Crippen MR) is 58.8 cm³/mol. The van der Waals surface area contributed by atoms with Gasteiger partial charge in [0.25, 0.3) is 0 Å². The Morgan fingerprint density at radius 1 is 1.24 bits per heavy atom. The van der Waals surface area contributed by atoms with Crippen molar-refractivity contribution < 1.29 is 23.4 Å². The smallest absolute Gasteiger partial charge is 0.380 e. The van der Waals surface area contributed by atoms with Crippen LogP contribution in [-0.4, -0.2) is 29.2 Å². The Bertz CT molecular complexity index is 258. The van der Waals surface area contributed by atoms with E-state index in [0.717, 1.165) is 19.3 Å². The highest BCUT2D eigenvalue weighted by molar-refractivity contribution is 5.79. The van der Waals surface area contributed by atoms with E-state index < -0.39 is 17.5 Å². The molecular formula is C12H20F2O3. The summed E-state index contributed by atoms with van der Waals surface area (Å²) >= 11 is 0. The molecule has 0 aromatic carbocycles. The SMILES string of the molecule is CCOC(=O)C(F)(F)C1(O)CCCCCCC1. The van der Waals surface area contributed by atoms with Crippen molar-refractivity contribution in [3.63, 3.8) is 0 Å². The van der Waals surface area contributed by atoms with Crippen LogP contribution in [-0.2, 0) is 9.53 Å². The lowest BCUT2D eigenvalue weighted by molar-refractivity contribution is -0.218. The molecule has 1 rings (SSSR count). The molecule has 0 amide bonds. The maximum Gasteiger partial charge on any atom is 0.380 e. The molecule has 0 atom stereocenters. The predicted octanol–water partition coefficient (Wildman–Crippen LogP) is 2.66. The van der Waals surface area contributed by atoms with Crippen LogP contribution in [0.5, 0.6) is 0 Å². The summed E-state index contributed by atoms with van der Waals surface area (Å²) in [6.07, 6.45) is 3.60. The average Bonchev–Trinajstić information content (AvgIpc) is 2.24. The van der Waals surface area contributed by atoms with Crippen LogP contribution >= 0.6 is 0 Å². The monoisotopic (exact) mass is 250 g/mol. The van der Waals surface area contributed by atoms with Crippen molar-refractivity contribution in [3.8, 4) is 0 Å². The van der Waals surface area contributed by atoms with Gasteiger partial charge in [-0.25, -0.2) is 4.79 Å². The molecular weight excluding hydrogens is 230 g/mol. The highest BCUT2D eigenvalue weighted by Gasteiger charge is 2.58. The highest BCUT2D eigenvalue weighted by atomic mass is 19.3. The second-order valence-corrected chi connectivity index (χ2v) is 4.59. The first kappa shape index (κ1) is 14.4. The largest absolute Gasteiger partial charge is 0.461 e. The molecule has 1 aliphatic carbocycles. The van der Waals surface area contributed by atoms with Crippen LogP contribution in [0.2, 0.25) is 0 Å². The first-order valence-electron chi connectivity index (χ1n) is 6.21. The lowest BCUT2D eigenvalue weighted by atomic mass is 9.82. The second-order valence-electron chi connectivity index (χ2n) is 4.59. The number of ether oxygens (including phenoxy) is 1. The topological polar surface area (TPSA) is 46.5 Å². The van der Waals surface area contributed by atoms with Crippen LogP contribution in [0.15, 0.2) is 0 Å². The zero-order valence-corrected chi connectivity index (χ0v) is 10.2. The molecule has 1 saturated carbocycles. The van der Waals surface area contributed by atoms with Gasteiger partial charge in [-0.05, 0) is 19.8 Å². The summed E-state index contributed by atoms with van der Waals surface area (Å²) in [4.78, 5) is 11.2. The van der Waals surface area contributed by atoms with Gasteiger partial charge in [-0.2, -0.15) is 8.78 Å². The number of halogens is 2. The molecule has 17 heavy (non-hydrogen) atoms. The minimum Gasteiger partial charge on any atom is -0.461 e. The number of hydrogen-bond acceptors (Lipinski definition) is 3. The number of alkyl halides is 2. The molecule has 0 saturated heterocycles. The summed E-state index contributed by atoms with van der Waals surface area (Å²) in [6.45, 7) is 1.36. The van der Waals surface area contributed by atoms with E-state index in [0.29, 0.717) is 12.8 Å². The molecule has 0 radical (unpaired) electrons. The summed E-state index contributed by atoms with van der Waals surface area (Å²) < 4.78 is 32.1. The first-order chi connectivity index (χ1) is 7.94.